The summed E-state index contributed by atoms with van der Waals surface area (Å²) in [4.78, 5) is 36.2. The lowest BCUT2D eigenvalue weighted by molar-refractivity contribution is -0.139. The third kappa shape index (κ3) is 4.14. The molecular weight excluding hydrogens is 370 g/mol. The Bertz CT molecular complexity index is 682. The van der Waals surface area contributed by atoms with Crippen LogP contribution in [-0.4, -0.2) is 52.6 Å². The van der Waals surface area contributed by atoms with Crippen molar-refractivity contribution in [2.24, 2.45) is 11.7 Å². The normalized spacial score (nSPS) is 34.2. The first-order valence-electron chi connectivity index (χ1n) is 9.35. The van der Waals surface area contributed by atoms with E-state index in [0.717, 1.165) is 31.3 Å². The Kier molecular flexibility index (Phi) is 5.83. The summed E-state index contributed by atoms with van der Waals surface area (Å²) < 4.78 is 5.75. The van der Waals surface area contributed by atoms with Gasteiger partial charge in [-0.2, -0.15) is 0 Å². The number of carboxylic acid groups (broad SMARTS) is 1. The molecule has 9 heteroatoms. The van der Waals surface area contributed by atoms with E-state index in [2.05, 4.69) is 10.6 Å². The van der Waals surface area contributed by atoms with Crippen molar-refractivity contribution in [3.63, 3.8) is 0 Å². The number of aliphatic carboxylic acids is 1. The number of carbonyl (C=O) groups excluding carboxylic acids is 2. The molecule has 150 valence electrons. The molecule has 0 aromatic heterocycles. The number of ether oxygens (including phenoxy) is 1. The van der Waals surface area contributed by atoms with Gasteiger partial charge in [0.1, 0.15) is 17.0 Å². The lowest BCUT2D eigenvalue weighted by Crippen LogP contribution is -2.54. The van der Waals surface area contributed by atoms with Crippen molar-refractivity contribution in [3.05, 3.63) is 10.5 Å². The van der Waals surface area contributed by atoms with Gasteiger partial charge in [0.2, 0.25) is 11.8 Å². The molecule has 2 heterocycles. The maximum absolute atomic E-state index is 12.7. The number of thioether (sulfide) groups is 1. The van der Waals surface area contributed by atoms with Crippen molar-refractivity contribution < 1.29 is 24.2 Å². The van der Waals surface area contributed by atoms with Gasteiger partial charge in [0, 0.05) is 13.0 Å². The SMILES string of the molecule is CC(OC1CNC(C(=O)O)C1)C(=O)NC1(C)SC2=C(CCCC2)C1C(N)=O. The van der Waals surface area contributed by atoms with Crippen LogP contribution in [-0.2, 0) is 19.1 Å². The van der Waals surface area contributed by atoms with E-state index in [1.54, 1.807) is 6.92 Å². The van der Waals surface area contributed by atoms with Crippen molar-refractivity contribution in [3.8, 4) is 0 Å². The van der Waals surface area contributed by atoms with Crippen LogP contribution in [0, 0.1) is 5.92 Å². The predicted molar refractivity (Wildman–Crippen MR) is 101 cm³/mol. The highest BCUT2D eigenvalue weighted by atomic mass is 32.2. The van der Waals surface area contributed by atoms with E-state index in [1.165, 1.54) is 16.7 Å². The lowest BCUT2D eigenvalue weighted by Gasteiger charge is -2.33. The molecule has 0 saturated carbocycles. The van der Waals surface area contributed by atoms with E-state index in [9.17, 15) is 14.4 Å². The first-order valence-corrected chi connectivity index (χ1v) is 10.2. The molecule has 0 aromatic carbocycles. The van der Waals surface area contributed by atoms with E-state index in [-0.39, 0.29) is 12.0 Å². The summed E-state index contributed by atoms with van der Waals surface area (Å²) in [6, 6.07) is -0.650. The van der Waals surface area contributed by atoms with Gasteiger partial charge < -0.3 is 26.2 Å². The third-order valence-electron chi connectivity index (χ3n) is 5.50. The van der Waals surface area contributed by atoms with Crippen LogP contribution in [0.15, 0.2) is 10.5 Å². The number of carboxylic acids is 1. The summed E-state index contributed by atoms with van der Waals surface area (Å²) >= 11 is 1.53. The monoisotopic (exact) mass is 397 g/mol. The van der Waals surface area contributed by atoms with Crippen molar-refractivity contribution >= 4 is 29.5 Å². The van der Waals surface area contributed by atoms with Crippen molar-refractivity contribution in [2.75, 3.05) is 6.54 Å². The van der Waals surface area contributed by atoms with Crippen molar-refractivity contribution in [1.82, 2.24) is 10.6 Å². The average Bonchev–Trinajstić information content (AvgIpc) is 3.15. The molecule has 0 spiro atoms. The second-order valence-electron chi connectivity index (χ2n) is 7.62. The Morgan fingerprint density at radius 1 is 1.37 bits per heavy atom. The number of allylic oxidation sites excluding steroid dienone is 1. The molecule has 2 amide bonds. The number of nitrogens with one attached hydrogen (secondary N) is 2. The fourth-order valence-corrected chi connectivity index (χ4v) is 5.84. The molecule has 5 unspecified atom stereocenters. The summed E-state index contributed by atoms with van der Waals surface area (Å²) in [5.74, 6) is -2.18. The fraction of sp³-hybridized carbons (Fsp3) is 0.722. The highest BCUT2D eigenvalue weighted by molar-refractivity contribution is 8.04. The Morgan fingerprint density at radius 2 is 2.07 bits per heavy atom. The molecule has 8 nitrogen and oxygen atoms in total. The summed E-state index contributed by atoms with van der Waals surface area (Å²) in [5, 5.41) is 14.9. The molecule has 1 aliphatic carbocycles. The summed E-state index contributed by atoms with van der Waals surface area (Å²) in [5.41, 5.74) is 6.74. The zero-order valence-electron chi connectivity index (χ0n) is 15.6. The maximum Gasteiger partial charge on any atom is 0.320 e. The third-order valence-corrected chi connectivity index (χ3v) is 6.98. The van der Waals surface area contributed by atoms with Gasteiger partial charge in [-0.15, -0.1) is 11.8 Å². The molecule has 27 heavy (non-hydrogen) atoms. The molecule has 3 rings (SSSR count). The smallest absolute Gasteiger partial charge is 0.320 e. The topological polar surface area (TPSA) is 131 Å². The molecular formula is C18H27N3O5S. The Balaban J connectivity index is 1.62. The second kappa shape index (κ2) is 7.81. The quantitative estimate of drug-likeness (QED) is 0.519. The number of carbonyl (C=O) groups is 3. The van der Waals surface area contributed by atoms with Crippen LogP contribution in [0.5, 0.6) is 0 Å². The average molecular weight is 397 g/mol. The van der Waals surface area contributed by atoms with Crippen molar-refractivity contribution in [2.45, 2.75) is 69.1 Å². The molecule has 0 aromatic rings. The largest absolute Gasteiger partial charge is 0.480 e. The zero-order valence-corrected chi connectivity index (χ0v) is 16.4. The van der Waals surface area contributed by atoms with Crippen LogP contribution in [0.1, 0.15) is 46.0 Å². The Hall–Kier alpha value is -1.58. The van der Waals surface area contributed by atoms with E-state index in [4.69, 9.17) is 15.6 Å². The second-order valence-corrected chi connectivity index (χ2v) is 9.17. The fourth-order valence-electron chi connectivity index (χ4n) is 4.20. The van der Waals surface area contributed by atoms with Crippen LogP contribution in [0.4, 0.5) is 0 Å². The predicted octanol–water partition coefficient (Wildman–Crippen LogP) is 0.715. The number of primary amides is 1. The zero-order chi connectivity index (χ0) is 19.8. The Morgan fingerprint density at radius 3 is 2.70 bits per heavy atom. The van der Waals surface area contributed by atoms with Crippen LogP contribution >= 0.6 is 11.8 Å². The summed E-state index contributed by atoms with van der Waals surface area (Å²) in [6.07, 6.45) is 3.11. The van der Waals surface area contributed by atoms with Gasteiger partial charge in [-0.1, -0.05) is 0 Å². The van der Waals surface area contributed by atoms with E-state index < -0.39 is 34.8 Å². The molecule has 3 aliphatic rings. The first kappa shape index (κ1) is 20.2. The molecule has 1 fully saturated rings. The minimum atomic E-state index is -0.922. The van der Waals surface area contributed by atoms with Gasteiger partial charge in [-0.25, -0.2) is 0 Å². The molecule has 1 saturated heterocycles. The van der Waals surface area contributed by atoms with Gasteiger partial charge in [0.05, 0.1) is 12.0 Å². The number of rotatable bonds is 6. The van der Waals surface area contributed by atoms with Crippen LogP contribution in [0.2, 0.25) is 0 Å². The minimum Gasteiger partial charge on any atom is -0.480 e. The highest BCUT2D eigenvalue weighted by Gasteiger charge is 2.50. The number of hydrogen-bond acceptors (Lipinski definition) is 6. The van der Waals surface area contributed by atoms with Crippen LogP contribution in [0.25, 0.3) is 0 Å². The van der Waals surface area contributed by atoms with E-state index in [0.29, 0.717) is 13.0 Å². The lowest BCUT2D eigenvalue weighted by atomic mass is 9.84. The van der Waals surface area contributed by atoms with Crippen LogP contribution in [0.3, 0.4) is 0 Å². The first-order chi connectivity index (χ1) is 12.7. The summed E-state index contributed by atoms with van der Waals surface area (Å²) in [6.45, 7) is 3.87. The van der Waals surface area contributed by atoms with Gasteiger partial charge in [-0.05, 0) is 50.0 Å². The maximum atomic E-state index is 12.7. The Labute approximate surface area is 162 Å². The van der Waals surface area contributed by atoms with Crippen molar-refractivity contribution in [1.29, 1.82) is 0 Å². The molecule has 5 N–H and O–H groups in total. The number of amides is 2. The van der Waals surface area contributed by atoms with Gasteiger partial charge in [0.25, 0.3) is 0 Å². The summed E-state index contributed by atoms with van der Waals surface area (Å²) in [7, 11) is 0. The molecule has 2 aliphatic heterocycles. The molecule has 0 bridgehead atoms. The van der Waals surface area contributed by atoms with Gasteiger partial charge in [-0.3, -0.25) is 14.4 Å². The van der Waals surface area contributed by atoms with E-state index in [1.807, 2.05) is 6.92 Å². The minimum absolute atomic E-state index is 0.318. The number of hydrogen-bond donors (Lipinski definition) is 4. The molecule has 5 atom stereocenters. The standard InChI is InChI=1S/C18H27N3O5S/c1-9(26-10-7-12(17(24)25)20-8-10)16(23)21-18(2)14(15(19)22)11-5-3-4-6-13(11)27-18/h9-10,12,14,20H,3-8H2,1-2H3,(H2,19,22)(H,21,23)(H,24,25). The van der Waals surface area contributed by atoms with Gasteiger partial charge >= 0.3 is 5.97 Å². The van der Waals surface area contributed by atoms with Gasteiger partial charge in [0.15, 0.2) is 0 Å². The van der Waals surface area contributed by atoms with Crippen LogP contribution < -0.4 is 16.4 Å². The number of nitrogens with two attached hydrogens (primary N) is 1. The highest BCUT2D eigenvalue weighted by Crippen LogP contribution is 2.53. The van der Waals surface area contributed by atoms with E-state index >= 15 is 0 Å². The molecule has 0 radical (unpaired) electrons.